The fraction of sp³-hybridized carbons (Fsp3) is 0.583. The summed E-state index contributed by atoms with van der Waals surface area (Å²) in [6, 6.07) is 4.09. The zero-order chi connectivity index (χ0) is 14.3. The highest BCUT2D eigenvalue weighted by molar-refractivity contribution is 14.0. The first kappa shape index (κ1) is 19.7. The van der Waals surface area contributed by atoms with Gasteiger partial charge in [-0.1, -0.05) is 6.07 Å². The zero-order valence-corrected chi connectivity index (χ0v) is 16.0. The summed E-state index contributed by atoms with van der Waals surface area (Å²) >= 11 is 1.69. The third-order valence-corrected chi connectivity index (χ3v) is 4.18. The van der Waals surface area contributed by atoms with Gasteiger partial charge in [0.15, 0.2) is 5.96 Å². The topological polar surface area (TPSA) is 61.8 Å². The number of rotatable bonds is 6. The Balaban J connectivity index is 0.00000361. The van der Waals surface area contributed by atoms with Gasteiger partial charge in [0.2, 0.25) is 0 Å². The Bertz CT molecular complexity index is 501. The summed E-state index contributed by atoms with van der Waals surface area (Å²) in [5, 5.41) is 5.21. The first-order valence-corrected chi connectivity index (χ1v) is 9.06. The van der Waals surface area contributed by atoms with E-state index in [-0.39, 0.29) is 36.3 Å². The summed E-state index contributed by atoms with van der Waals surface area (Å²) in [5.41, 5.74) is 0. The lowest BCUT2D eigenvalue weighted by molar-refractivity contribution is 0.482. The van der Waals surface area contributed by atoms with Gasteiger partial charge in [-0.05, 0) is 18.4 Å². The van der Waals surface area contributed by atoms with Crippen LogP contribution in [0, 0.1) is 0 Å². The van der Waals surface area contributed by atoms with Crippen molar-refractivity contribution in [1.82, 2.24) is 10.2 Å². The third-order valence-electron chi connectivity index (χ3n) is 2.39. The summed E-state index contributed by atoms with van der Waals surface area (Å²) in [5.74, 6) is 0.814. The highest BCUT2D eigenvalue weighted by atomic mass is 127. The Morgan fingerprint density at radius 3 is 2.70 bits per heavy atom. The molecular formula is C12H22IN3O2S2. The monoisotopic (exact) mass is 431 g/mol. The molecule has 0 aliphatic rings. The number of guanidine groups is 1. The van der Waals surface area contributed by atoms with E-state index in [1.807, 2.05) is 30.3 Å². The fourth-order valence-corrected chi connectivity index (χ4v) is 2.68. The van der Waals surface area contributed by atoms with Crippen LogP contribution >= 0.6 is 35.3 Å². The van der Waals surface area contributed by atoms with Crippen LogP contribution in [0.4, 0.5) is 0 Å². The Labute approximate surface area is 142 Å². The molecule has 116 valence electrons. The Kier molecular flexibility index (Phi) is 9.39. The van der Waals surface area contributed by atoms with Crippen LogP contribution in [0.3, 0.4) is 0 Å². The molecule has 0 aliphatic heterocycles. The number of halogens is 1. The molecule has 0 amide bonds. The molecule has 0 fully saturated rings. The maximum atomic E-state index is 11.1. The minimum Gasteiger partial charge on any atom is -0.357 e. The van der Waals surface area contributed by atoms with Gasteiger partial charge in [-0.3, -0.25) is 4.99 Å². The van der Waals surface area contributed by atoms with Crippen LogP contribution in [0.25, 0.3) is 0 Å². The van der Waals surface area contributed by atoms with E-state index in [0.29, 0.717) is 0 Å². The van der Waals surface area contributed by atoms with Crippen molar-refractivity contribution in [2.75, 3.05) is 32.1 Å². The van der Waals surface area contributed by atoms with E-state index in [0.717, 1.165) is 19.0 Å². The smallest absolute Gasteiger partial charge is 0.194 e. The summed E-state index contributed by atoms with van der Waals surface area (Å²) < 4.78 is 22.2. The van der Waals surface area contributed by atoms with Gasteiger partial charge in [0.1, 0.15) is 9.84 Å². The summed E-state index contributed by atoms with van der Waals surface area (Å²) in [6.07, 6.45) is 1.23. The fourth-order valence-electron chi connectivity index (χ4n) is 1.50. The van der Waals surface area contributed by atoms with Crippen LogP contribution in [-0.2, 0) is 16.4 Å². The average molecular weight is 431 g/mol. The van der Waals surface area contributed by atoms with Gasteiger partial charge in [0.05, 0.1) is 18.8 Å². The maximum Gasteiger partial charge on any atom is 0.194 e. The molecule has 1 rings (SSSR count). The molecule has 0 aliphatic carbocycles. The first-order valence-electron chi connectivity index (χ1n) is 6.12. The molecule has 0 atom stereocenters. The number of aliphatic imine (C=N–C) groups is 1. The van der Waals surface area contributed by atoms with Gasteiger partial charge >= 0.3 is 0 Å². The van der Waals surface area contributed by atoms with Crippen molar-refractivity contribution < 1.29 is 8.42 Å². The summed E-state index contributed by atoms with van der Waals surface area (Å²) in [7, 11) is -1.02. The van der Waals surface area contributed by atoms with E-state index in [4.69, 9.17) is 0 Å². The van der Waals surface area contributed by atoms with Gasteiger partial charge < -0.3 is 10.2 Å². The highest BCUT2D eigenvalue weighted by Crippen LogP contribution is 2.10. The normalized spacial score (nSPS) is 11.8. The van der Waals surface area contributed by atoms with E-state index in [2.05, 4.69) is 16.4 Å². The van der Waals surface area contributed by atoms with Crippen LogP contribution in [-0.4, -0.2) is 51.4 Å². The van der Waals surface area contributed by atoms with E-state index >= 15 is 0 Å². The minimum atomic E-state index is -2.96. The minimum absolute atomic E-state index is 0. The van der Waals surface area contributed by atoms with Gasteiger partial charge in [-0.2, -0.15) is 0 Å². The molecule has 1 aromatic rings. The quantitative estimate of drug-likeness (QED) is 0.424. The molecule has 8 heteroatoms. The molecule has 0 spiro atoms. The predicted molar refractivity (Wildman–Crippen MR) is 96.9 cm³/mol. The molecule has 0 aromatic carbocycles. The van der Waals surface area contributed by atoms with E-state index < -0.39 is 9.84 Å². The lowest BCUT2D eigenvalue weighted by atomic mass is 10.4. The predicted octanol–water partition coefficient (Wildman–Crippen LogP) is 1.81. The third kappa shape index (κ3) is 8.05. The molecule has 0 saturated carbocycles. The van der Waals surface area contributed by atoms with Crippen molar-refractivity contribution in [2.45, 2.75) is 13.5 Å². The molecular weight excluding hydrogens is 409 g/mol. The molecule has 0 unspecified atom stereocenters. The second-order valence-electron chi connectivity index (χ2n) is 4.30. The molecule has 0 radical (unpaired) electrons. The molecule has 0 saturated heterocycles. The van der Waals surface area contributed by atoms with E-state index in [1.165, 1.54) is 11.1 Å². The molecule has 1 aromatic heterocycles. The largest absolute Gasteiger partial charge is 0.357 e. The van der Waals surface area contributed by atoms with E-state index in [1.54, 1.807) is 11.3 Å². The van der Waals surface area contributed by atoms with Crippen molar-refractivity contribution in [3.8, 4) is 0 Å². The molecule has 5 nitrogen and oxygen atoms in total. The number of hydrogen-bond acceptors (Lipinski definition) is 4. The number of thiophene rings is 1. The Hall–Kier alpha value is -0.350. The SMILES string of the molecule is CCNC(=NCCS(C)(=O)=O)N(C)Cc1cccs1.I. The lowest BCUT2D eigenvalue weighted by Crippen LogP contribution is -2.38. The summed E-state index contributed by atoms with van der Waals surface area (Å²) in [4.78, 5) is 7.58. The lowest BCUT2D eigenvalue weighted by Gasteiger charge is -2.21. The van der Waals surface area contributed by atoms with E-state index in [9.17, 15) is 8.42 Å². The maximum absolute atomic E-state index is 11.1. The van der Waals surface area contributed by atoms with Crippen molar-refractivity contribution in [2.24, 2.45) is 4.99 Å². The highest BCUT2D eigenvalue weighted by Gasteiger charge is 2.08. The van der Waals surface area contributed by atoms with Gasteiger partial charge in [-0.25, -0.2) is 8.42 Å². The van der Waals surface area contributed by atoms with Crippen molar-refractivity contribution in [3.63, 3.8) is 0 Å². The van der Waals surface area contributed by atoms with Crippen molar-refractivity contribution in [1.29, 1.82) is 0 Å². The van der Waals surface area contributed by atoms with Crippen LogP contribution in [0.15, 0.2) is 22.5 Å². The average Bonchev–Trinajstić information content (AvgIpc) is 2.79. The summed E-state index contributed by atoms with van der Waals surface area (Å²) in [6.45, 7) is 3.80. The number of hydrogen-bond donors (Lipinski definition) is 1. The first-order chi connectivity index (χ1) is 8.92. The van der Waals surface area contributed by atoms with Crippen LogP contribution < -0.4 is 5.32 Å². The molecule has 20 heavy (non-hydrogen) atoms. The van der Waals surface area contributed by atoms with Gasteiger partial charge in [0, 0.05) is 24.7 Å². The molecule has 1 N–H and O–H groups in total. The van der Waals surface area contributed by atoms with Crippen molar-refractivity contribution in [3.05, 3.63) is 22.4 Å². The molecule has 0 bridgehead atoms. The van der Waals surface area contributed by atoms with Crippen LogP contribution in [0.2, 0.25) is 0 Å². The van der Waals surface area contributed by atoms with Gasteiger partial charge in [0.25, 0.3) is 0 Å². The van der Waals surface area contributed by atoms with Crippen molar-refractivity contribution >= 4 is 51.1 Å². The zero-order valence-electron chi connectivity index (χ0n) is 12.0. The number of nitrogens with one attached hydrogen (secondary N) is 1. The Morgan fingerprint density at radius 1 is 1.50 bits per heavy atom. The Morgan fingerprint density at radius 2 is 2.20 bits per heavy atom. The number of nitrogens with zero attached hydrogens (tertiary/aromatic N) is 2. The van der Waals surface area contributed by atoms with Gasteiger partial charge in [-0.15, -0.1) is 35.3 Å². The second kappa shape index (κ2) is 9.56. The standard InChI is InChI=1S/C12H21N3O2S2.HI/c1-4-13-12(14-7-9-19(3,16)17)15(2)10-11-6-5-8-18-11;/h5-6,8H,4,7,9-10H2,1-3H3,(H,13,14);1H. The second-order valence-corrected chi connectivity index (χ2v) is 7.59. The number of sulfone groups is 1. The van der Waals surface area contributed by atoms with Crippen LogP contribution in [0.1, 0.15) is 11.8 Å². The molecule has 1 heterocycles. The van der Waals surface area contributed by atoms with Crippen LogP contribution in [0.5, 0.6) is 0 Å².